The fourth-order valence-electron chi connectivity index (χ4n) is 2.35. The van der Waals surface area contributed by atoms with E-state index in [4.69, 9.17) is 4.42 Å². The Labute approximate surface area is 139 Å². The number of carbonyl (C=O) groups excluding carboxylic acids is 2. The minimum Gasteiger partial charge on any atom is -0.493 e. The highest BCUT2D eigenvalue weighted by Crippen LogP contribution is 2.32. The lowest BCUT2D eigenvalue weighted by molar-refractivity contribution is -0.115. The Hall–Kier alpha value is -3.13. The van der Waals surface area contributed by atoms with Gasteiger partial charge in [-0.1, -0.05) is 0 Å². The van der Waals surface area contributed by atoms with Crippen LogP contribution in [0.25, 0.3) is 28.2 Å². The van der Waals surface area contributed by atoms with Crippen LogP contribution < -0.4 is 5.32 Å². The Morgan fingerprint density at radius 3 is 2.79 bits per heavy atom. The van der Waals surface area contributed by atoms with Crippen molar-refractivity contribution >= 4 is 40.0 Å². The molecule has 1 fully saturated rings. The summed E-state index contributed by atoms with van der Waals surface area (Å²) in [7, 11) is 0. The van der Waals surface area contributed by atoms with E-state index in [-0.39, 0.29) is 10.8 Å². The second-order valence-electron chi connectivity index (χ2n) is 5.01. The molecule has 4 heterocycles. The molecule has 0 radical (unpaired) electrons. The summed E-state index contributed by atoms with van der Waals surface area (Å²) in [4.78, 5) is 31.1. The molecule has 24 heavy (non-hydrogen) atoms. The van der Waals surface area contributed by atoms with Gasteiger partial charge in [0.2, 0.25) is 5.88 Å². The molecule has 1 aliphatic rings. The molecule has 0 bridgehead atoms. The van der Waals surface area contributed by atoms with Crippen molar-refractivity contribution in [2.75, 3.05) is 0 Å². The van der Waals surface area contributed by atoms with Gasteiger partial charge in [0.15, 0.2) is 0 Å². The molecular weight excluding hydrogens is 330 g/mol. The summed E-state index contributed by atoms with van der Waals surface area (Å²) in [6.07, 6.45) is 6.32. The molecule has 1 saturated heterocycles. The highest BCUT2D eigenvalue weighted by atomic mass is 32.2. The maximum atomic E-state index is 11.6. The molecule has 2 N–H and O–H groups in total. The number of amides is 2. The number of fused-ring (bicyclic) bond motifs is 1. The van der Waals surface area contributed by atoms with E-state index in [1.54, 1.807) is 24.5 Å². The lowest BCUT2D eigenvalue weighted by Gasteiger charge is -2.01. The molecule has 0 spiro atoms. The monoisotopic (exact) mass is 339 g/mol. The van der Waals surface area contributed by atoms with Crippen molar-refractivity contribution in [1.82, 2.24) is 15.3 Å². The Morgan fingerprint density at radius 2 is 2.08 bits per heavy atom. The predicted molar refractivity (Wildman–Crippen MR) is 88.0 cm³/mol. The number of pyridine rings is 2. The molecule has 0 saturated carbocycles. The smallest absolute Gasteiger partial charge is 0.290 e. The van der Waals surface area contributed by atoms with Crippen LogP contribution in [-0.2, 0) is 4.79 Å². The molecule has 3 aromatic heterocycles. The van der Waals surface area contributed by atoms with Crippen LogP contribution in [0, 0.1) is 0 Å². The summed E-state index contributed by atoms with van der Waals surface area (Å²) >= 11 is 0.829. The number of hydrogen-bond donors (Lipinski definition) is 2. The standard InChI is InChI=1S/C16H9N3O4S/c20-13-2-1-8(6-18-13)11-7-17-5-9-3-10(23-14(9)11)4-12-15(21)19-16(22)24-12/h1-7H,(H,18,20)(H,19,21,22)/b12-4+. The number of nitrogens with one attached hydrogen (secondary N) is 1. The van der Waals surface area contributed by atoms with Gasteiger partial charge in [0.1, 0.15) is 11.3 Å². The van der Waals surface area contributed by atoms with Crippen molar-refractivity contribution in [2.45, 2.75) is 0 Å². The molecule has 0 aromatic carbocycles. The number of carbonyl (C=O) groups is 2. The fraction of sp³-hybridized carbons (Fsp3) is 0. The highest BCUT2D eigenvalue weighted by molar-refractivity contribution is 8.18. The molecule has 4 rings (SSSR count). The van der Waals surface area contributed by atoms with Crippen LogP contribution in [0.2, 0.25) is 0 Å². The molecule has 0 aliphatic carbocycles. The van der Waals surface area contributed by atoms with Crippen molar-refractivity contribution in [2.24, 2.45) is 0 Å². The van der Waals surface area contributed by atoms with E-state index in [9.17, 15) is 14.7 Å². The summed E-state index contributed by atoms with van der Waals surface area (Å²) < 4.78 is 5.82. The summed E-state index contributed by atoms with van der Waals surface area (Å²) in [5.41, 5.74) is 2.03. The Balaban J connectivity index is 1.80. The summed E-state index contributed by atoms with van der Waals surface area (Å²) in [5, 5.41) is 11.8. The topological polar surface area (TPSA) is 105 Å². The quantitative estimate of drug-likeness (QED) is 0.691. The van der Waals surface area contributed by atoms with Crippen LogP contribution >= 0.6 is 11.8 Å². The first-order chi connectivity index (χ1) is 11.6. The lowest BCUT2D eigenvalue weighted by Crippen LogP contribution is -2.17. The molecule has 2 amide bonds. The van der Waals surface area contributed by atoms with Gasteiger partial charge in [-0.25, -0.2) is 4.98 Å². The lowest BCUT2D eigenvalue weighted by atomic mass is 10.1. The molecule has 1 aliphatic heterocycles. The average Bonchev–Trinajstić information content (AvgIpc) is 3.10. The van der Waals surface area contributed by atoms with E-state index in [1.165, 1.54) is 18.3 Å². The molecule has 118 valence electrons. The number of rotatable bonds is 2. The molecular formula is C16H9N3O4S. The zero-order valence-electron chi connectivity index (χ0n) is 12.0. The van der Waals surface area contributed by atoms with E-state index in [2.05, 4.69) is 15.3 Å². The Bertz CT molecular complexity index is 1010. The Kier molecular flexibility index (Phi) is 3.31. The maximum absolute atomic E-state index is 11.6. The third-order valence-corrected chi connectivity index (χ3v) is 4.23. The first-order valence-corrected chi connectivity index (χ1v) is 7.69. The normalized spacial score (nSPS) is 16.1. The second kappa shape index (κ2) is 5.50. The average molecular weight is 339 g/mol. The summed E-state index contributed by atoms with van der Waals surface area (Å²) in [6.45, 7) is 0. The summed E-state index contributed by atoms with van der Waals surface area (Å²) in [6, 6.07) is 4.92. The van der Waals surface area contributed by atoms with Gasteiger partial charge in [-0.05, 0) is 23.9 Å². The number of nitrogens with zero attached hydrogens (tertiary/aromatic N) is 2. The van der Waals surface area contributed by atoms with Crippen LogP contribution in [0.5, 0.6) is 5.88 Å². The number of aromatic hydroxyl groups is 1. The van der Waals surface area contributed by atoms with Crippen molar-refractivity contribution in [1.29, 1.82) is 0 Å². The van der Waals surface area contributed by atoms with E-state index in [0.29, 0.717) is 16.9 Å². The highest BCUT2D eigenvalue weighted by Gasteiger charge is 2.25. The minimum atomic E-state index is -0.438. The van der Waals surface area contributed by atoms with Crippen molar-refractivity contribution in [3.63, 3.8) is 0 Å². The fourth-order valence-corrected chi connectivity index (χ4v) is 3.02. The molecule has 0 atom stereocenters. The zero-order chi connectivity index (χ0) is 16.7. The number of hydrogen-bond acceptors (Lipinski definition) is 7. The largest absolute Gasteiger partial charge is 0.493 e. The summed E-state index contributed by atoms with van der Waals surface area (Å²) in [5.74, 6) is -0.0671. The minimum absolute atomic E-state index is 0.0716. The van der Waals surface area contributed by atoms with E-state index >= 15 is 0 Å². The van der Waals surface area contributed by atoms with E-state index in [0.717, 1.165) is 22.7 Å². The van der Waals surface area contributed by atoms with Crippen molar-refractivity contribution < 1.29 is 19.1 Å². The van der Waals surface area contributed by atoms with Gasteiger partial charge in [0.05, 0.1) is 4.91 Å². The van der Waals surface area contributed by atoms with Crippen LogP contribution in [0.4, 0.5) is 4.79 Å². The number of furan rings is 1. The van der Waals surface area contributed by atoms with Crippen LogP contribution in [0.3, 0.4) is 0 Å². The third kappa shape index (κ3) is 2.52. The molecule has 3 aromatic rings. The molecule has 8 heteroatoms. The van der Waals surface area contributed by atoms with Gasteiger partial charge in [0, 0.05) is 47.2 Å². The van der Waals surface area contributed by atoms with Crippen molar-refractivity contribution in [3.8, 4) is 17.0 Å². The van der Waals surface area contributed by atoms with Crippen LogP contribution in [-0.4, -0.2) is 26.2 Å². The first kappa shape index (κ1) is 14.5. The van der Waals surface area contributed by atoms with Gasteiger partial charge >= 0.3 is 0 Å². The van der Waals surface area contributed by atoms with E-state index < -0.39 is 11.1 Å². The zero-order valence-corrected chi connectivity index (χ0v) is 12.8. The predicted octanol–water partition coefficient (Wildman–Crippen LogP) is 2.92. The number of aromatic nitrogens is 2. The maximum Gasteiger partial charge on any atom is 0.290 e. The number of thioether (sulfide) groups is 1. The van der Waals surface area contributed by atoms with Crippen LogP contribution in [0.15, 0.2) is 46.1 Å². The second-order valence-corrected chi connectivity index (χ2v) is 6.03. The van der Waals surface area contributed by atoms with Gasteiger partial charge in [0.25, 0.3) is 11.1 Å². The van der Waals surface area contributed by atoms with Crippen LogP contribution in [0.1, 0.15) is 5.76 Å². The van der Waals surface area contributed by atoms with E-state index in [1.807, 2.05) is 0 Å². The van der Waals surface area contributed by atoms with Gasteiger partial charge in [-0.15, -0.1) is 0 Å². The Morgan fingerprint density at radius 1 is 1.21 bits per heavy atom. The molecule has 7 nitrogen and oxygen atoms in total. The third-order valence-electron chi connectivity index (χ3n) is 3.42. The number of imide groups is 1. The van der Waals surface area contributed by atoms with Gasteiger partial charge in [-0.3, -0.25) is 19.9 Å². The van der Waals surface area contributed by atoms with Crippen molar-refractivity contribution in [3.05, 3.63) is 47.5 Å². The van der Waals surface area contributed by atoms with Gasteiger partial charge in [-0.2, -0.15) is 0 Å². The first-order valence-electron chi connectivity index (χ1n) is 6.88. The van der Waals surface area contributed by atoms with Gasteiger partial charge < -0.3 is 9.52 Å². The molecule has 0 unspecified atom stereocenters. The SMILES string of the molecule is O=C1NC(=O)/C(=C\c2cc3cncc(-c4ccc(O)nc4)c3o2)S1.